The number of H-pyrrole nitrogens is 1. The third-order valence-corrected chi connectivity index (χ3v) is 8.43. The third kappa shape index (κ3) is 4.92. The maximum atomic E-state index is 13.9. The van der Waals surface area contributed by atoms with Crippen LogP contribution in [0, 0.1) is 13.8 Å². The van der Waals surface area contributed by atoms with Crippen molar-refractivity contribution in [2.75, 3.05) is 20.3 Å². The highest BCUT2D eigenvalue weighted by Gasteiger charge is 2.28. The molecule has 0 amide bonds. The fourth-order valence-corrected chi connectivity index (χ4v) is 5.79. The topological polar surface area (TPSA) is 97.9 Å². The number of nitrogens with zero attached hydrogens (tertiary/aromatic N) is 1. The van der Waals surface area contributed by atoms with Crippen molar-refractivity contribution in [2.45, 2.75) is 31.8 Å². The van der Waals surface area contributed by atoms with Gasteiger partial charge in [-0.2, -0.15) is 4.31 Å². The molecule has 0 saturated carbocycles. The lowest BCUT2D eigenvalue weighted by atomic mass is 10.0. The van der Waals surface area contributed by atoms with Gasteiger partial charge in [0, 0.05) is 24.7 Å². The highest BCUT2D eigenvalue weighted by atomic mass is 32.2. The highest BCUT2D eigenvalue weighted by molar-refractivity contribution is 7.89. The number of rotatable bonds is 7. The van der Waals surface area contributed by atoms with Gasteiger partial charge < -0.3 is 19.2 Å². The Morgan fingerprint density at radius 2 is 1.65 bits per heavy atom. The fraction of sp³-hybridized carbons (Fsp3) is 0.250. The van der Waals surface area contributed by atoms with Crippen LogP contribution in [-0.2, 0) is 23.1 Å². The number of aryl methyl sites for hydroxylation is 2. The van der Waals surface area contributed by atoms with E-state index in [2.05, 4.69) is 4.98 Å². The molecule has 0 unspecified atom stereocenters. The first-order valence-corrected chi connectivity index (χ1v) is 13.3. The first-order valence-electron chi connectivity index (χ1n) is 11.9. The van der Waals surface area contributed by atoms with Crippen molar-refractivity contribution in [1.29, 1.82) is 0 Å². The monoisotopic (exact) mass is 520 g/mol. The second-order valence-electron chi connectivity index (χ2n) is 9.02. The average Bonchev–Trinajstić information content (AvgIpc) is 2.91. The van der Waals surface area contributed by atoms with Crippen LogP contribution in [0.4, 0.5) is 0 Å². The molecule has 0 fully saturated rings. The Morgan fingerprint density at radius 1 is 0.919 bits per heavy atom. The van der Waals surface area contributed by atoms with Crippen LogP contribution in [-0.4, -0.2) is 38.0 Å². The molecule has 1 aromatic heterocycles. The highest BCUT2D eigenvalue weighted by Crippen LogP contribution is 2.34. The number of aromatic amines is 1. The Kier molecular flexibility index (Phi) is 6.66. The molecule has 1 aliphatic rings. The fourth-order valence-electron chi connectivity index (χ4n) is 4.37. The summed E-state index contributed by atoms with van der Waals surface area (Å²) in [6.07, 6.45) is 0. The zero-order valence-corrected chi connectivity index (χ0v) is 21.7. The molecule has 1 N–H and O–H groups in total. The van der Waals surface area contributed by atoms with Gasteiger partial charge in [0.05, 0.1) is 17.5 Å². The second kappa shape index (κ2) is 9.91. The number of hydrogen-bond acceptors (Lipinski definition) is 6. The minimum atomic E-state index is -4.02. The van der Waals surface area contributed by atoms with Gasteiger partial charge in [-0.15, -0.1) is 0 Å². The lowest BCUT2D eigenvalue weighted by Crippen LogP contribution is -2.32. The van der Waals surface area contributed by atoms with Crippen LogP contribution >= 0.6 is 0 Å². The molecule has 8 nitrogen and oxygen atoms in total. The minimum absolute atomic E-state index is 0.0607. The van der Waals surface area contributed by atoms with Crippen LogP contribution in [0.25, 0.3) is 10.9 Å². The van der Waals surface area contributed by atoms with Gasteiger partial charge in [0.1, 0.15) is 19.0 Å². The summed E-state index contributed by atoms with van der Waals surface area (Å²) >= 11 is 0. The predicted molar refractivity (Wildman–Crippen MR) is 141 cm³/mol. The summed E-state index contributed by atoms with van der Waals surface area (Å²) in [5.41, 5.74) is 3.60. The van der Waals surface area contributed by atoms with Crippen molar-refractivity contribution in [2.24, 2.45) is 0 Å². The van der Waals surface area contributed by atoms with E-state index in [1.54, 1.807) is 31.4 Å². The molecule has 0 atom stereocenters. The van der Waals surface area contributed by atoms with Crippen molar-refractivity contribution in [1.82, 2.24) is 9.29 Å². The van der Waals surface area contributed by atoms with E-state index >= 15 is 0 Å². The van der Waals surface area contributed by atoms with Crippen LogP contribution in [0.3, 0.4) is 0 Å². The second-order valence-corrected chi connectivity index (χ2v) is 11.0. The Labute approximate surface area is 215 Å². The van der Waals surface area contributed by atoms with E-state index in [0.29, 0.717) is 36.0 Å². The maximum Gasteiger partial charge on any atom is 0.252 e. The van der Waals surface area contributed by atoms with Gasteiger partial charge in [-0.3, -0.25) is 4.79 Å². The first kappa shape index (κ1) is 24.9. The molecule has 0 spiro atoms. The molecule has 1 aliphatic heterocycles. The molecular formula is C28H28N2O6S. The molecule has 4 aromatic rings. The summed E-state index contributed by atoms with van der Waals surface area (Å²) in [6.45, 7) is 4.64. The van der Waals surface area contributed by atoms with Crippen molar-refractivity contribution in [3.8, 4) is 17.2 Å². The van der Waals surface area contributed by atoms with Crippen molar-refractivity contribution in [3.63, 3.8) is 0 Å². The number of fused-ring (bicyclic) bond motifs is 2. The standard InChI is InChI=1S/C28H28N2O6S/c1-18-4-7-21-14-22(28(31)29-27(21)19(18)2)17-30(16-20-5-8-23(34-3)9-6-20)37(32,33)24-10-11-25-26(15-24)36-13-12-35-25/h4-11,14-15H,12-13,16-17H2,1-3H3,(H,29,31). The van der Waals surface area contributed by atoms with E-state index in [1.165, 1.54) is 16.4 Å². The average molecular weight is 521 g/mol. The van der Waals surface area contributed by atoms with E-state index in [0.717, 1.165) is 27.6 Å². The molecule has 0 aliphatic carbocycles. The van der Waals surface area contributed by atoms with E-state index in [4.69, 9.17) is 14.2 Å². The maximum absolute atomic E-state index is 13.9. The number of hydrogen-bond donors (Lipinski definition) is 1. The van der Waals surface area contributed by atoms with Crippen LogP contribution in [0.15, 0.2) is 70.4 Å². The molecule has 3 aromatic carbocycles. The summed E-state index contributed by atoms with van der Waals surface area (Å²) in [5.74, 6) is 1.55. The number of sulfonamides is 1. The van der Waals surface area contributed by atoms with Gasteiger partial charge in [-0.1, -0.05) is 24.3 Å². The van der Waals surface area contributed by atoms with Crippen molar-refractivity contribution < 1.29 is 22.6 Å². The molecule has 37 heavy (non-hydrogen) atoms. The largest absolute Gasteiger partial charge is 0.497 e. The van der Waals surface area contributed by atoms with Crippen molar-refractivity contribution in [3.05, 3.63) is 93.3 Å². The molecule has 192 valence electrons. The van der Waals surface area contributed by atoms with Crippen LogP contribution < -0.4 is 19.8 Å². The predicted octanol–water partition coefficient (Wildman–Crippen LogP) is 4.32. The van der Waals surface area contributed by atoms with Crippen LogP contribution in [0.1, 0.15) is 22.3 Å². The van der Waals surface area contributed by atoms with Crippen LogP contribution in [0.5, 0.6) is 17.2 Å². The molecule has 0 bridgehead atoms. The van der Waals surface area contributed by atoms with E-state index in [-0.39, 0.29) is 23.5 Å². The van der Waals surface area contributed by atoms with Gasteiger partial charge in [0.2, 0.25) is 10.0 Å². The van der Waals surface area contributed by atoms with Gasteiger partial charge in [0.15, 0.2) is 11.5 Å². The molecule has 5 rings (SSSR count). The molecule has 0 saturated heterocycles. The number of pyridine rings is 1. The van der Waals surface area contributed by atoms with E-state index in [9.17, 15) is 13.2 Å². The molecule has 9 heteroatoms. The summed E-state index contributed by atoms with van der Waals surface area (Å²) in [5, 5.41) is 0.846. The van der Waals surface area contributed by atoms with Crippen molar-refractivity contribution >= 4 is 20.9 Å². The van der Waals surface area contributed by atoms with Gasteiger partial charge in [0.25, 0.3) is 5.56 Å². The normalized spacial score (nSPS) is 13.2. The Morgan fingerprint density at radius 3 is 2.38 bits per heavy atom. The number of methoxy groups -OCH3 is 1. The zero-order valence-electron chi connectivity index (χ0n) is 20.9. The zero-order chi connectivity index (χ0) is 26.2. The first-order chi connectivity index (χ1) is 17.8. The Bertz CT molecular complexity index is 1630. The molecular weight excluding hydrogens is 492 g/mol. The summed E-state index contributed by atoms with van der Waals surface area (Å²) in [6, 6.07) is 17.4. The number of aromatic nitrogens is 1. The smallest absolute Gasteiger partial charge is 0.252 e. The summed E-state index contributed by atoms with van der Waals surface area (Å²) < 4.78 is 45.5. The van der Waals surface area contributed by atoms with E-state index < -0.39 is 10.0 Å². The lowest BCUT2D eigenvalue weighted by Gasteiger charge is -2.24. The molecule has 2 heterocycles. The summed E-state index contributed by atoms with van der Waals surface area (Å²) in [7, 11) is -2.45. The number of ether oxygens (including phenoxy) is 3. The lowest BCUT2D eigenvalue weighted by molar-refractivity contribution is 0.171. The van der Waals surface area contributed by atoms with Gasteiger partial charge in [-0.05, 0) is 66.3 Å². The number of benzene rings is 3. The number of nitrogens with one attached hydrogen (secondary N) is 1. The Balaban J connectivity index is 1.56. The molecule has 0 radical (unpaired) electrons. The minimum Gasteiger partial charge on any atom is -0.497 e. The van der Waals surface area contributed by atoms with E-state index in [1.807, 2.05) is 38.1 Å². The summed E-state index contributed by atoms with van der Waals surface area (Å²) in [4.78, 5) is 16.1. The third-order valence-electron chi connectivity index (χ3n) is 6.64. The van der Waals surface area contributed by atoms with Gasteiger partial charge in [-0.25, -0.2) is 8.42 Å². The SMILES string of the molecule is COc1ccc(CN(Cc2cc3ccc(C)c(C)c3[nH]c2=O)S(=O)(=O)c2ccc3c(c2)OCCO3)cc1. The van der Waals surface area contributed by atoms with Crippen LogP contribution in [0.2, 0.25) is 0 Å². The quantitative estimate of drug-likeness (QED) is 0.390. The Hall–Kier alpha value is -3.82. The van der Waals surface area contributed by atoms with Gasteiger partial charge >= 0.3 is 0 Å².